The smallest absolute Gasteiger partial charge is 0.262 e. The highest BCUT2D eigenvalue weighted by atomic mass is 32.2. The van der Waals surface area contributed by atoms with Crippen LogP contribution < -0.4 is 5.14 Å². The van der Waals surface area contributed by atoms with Crippen LogP contribution in [0.4, 0.5) is 8.78 Å². The van der Waals surface area contributed by atoms with Crippen molar-refractivity contribution >= 4 is 10.0 Å². The van der Waals surface area contributed by atoms with Gasteiger partial charge in [0.05, 0.1) is 0 Å². The Morgan fingerprint density at radius 1 is 1.28 bits per heavy atom. The van der Waals surface area contributed by atoms with Crippen molar-refractivity contribution < 1.29 is 17.2 Å². The molecule has 3 N–H and O–H groups in total. The number of halogens is 2. The Hall–Kier alpha value is -1.87. The maximum atomic E-state index is 12.9. The van der Waals surface area contributed by atoms with Crippen LogP contribution in [-0.4, -0.2) is 23.6 Å². The molecule has 1 heterocycles. The summed E-state index contributed by atoms with van der Waals surface area (Å²) >= 11 is 0. The van der Waals surface area contributed by atoms with Gasteiger partial charge >= 0.3 is 0 Å². The van der Waals surface area contributed by atoms with Gasteiger partial charge in [-0.3, -0.25) is 5.10 Å². The number of aromatic nitrogens is 3. The van der Waals surface area contributed by atoms with Gasteiger partial charge in [-0.25, -0.2) is 27.3 Å². The predicted molar refractivity (Wildman–Crippen MR) is 56.9 cm³/mol. The average molecular weight is 274 g/mol. The van der Waals surface area contributed by atoms with E-state index in [0.717, 1.165) is 12.1 Å². The maximum Gasteiger partial charge on any atom is 0.282 e. The molecule has 18 heavy (non-hydrogen) atoms. The molecular formula is C9H8F2N4O2S. The largest absolute Gasteiger partial charge is 0.282 e. The van der Waals surface area contributed by atoms with Gasteiger partial charge in [-0.1, -0.05) is 6.07 Å². The summed E-state index contributed by atoms with van der Waals surface area (Å²) in [7, 11) is -3.98. The fourth-order valence-electron chi connectivity index (χ4n) is 1.33. The standard InChI is InChI=1S/C9H8F2N4O2S/c10-6-2-1-5(3-7(6)11)4-8-13-9(15-14-8)18(12,16)17/h1-3H,4H2,(H2,12,16,17)(H,13,14,15). The third-order valence-electron chi connectivity index (χ3n) is 2.12. The lowest BCUT2D eigenvalue weighted by Gasteiger charge is -1.98. The molecule has 0 fully saturated rings. The second kappa shape index (κ2) is 4.42. The second-order valence-corrected chi connectivity index (χ2v) is 4.99. The zero-order valence-corrected chi connectivity index (χ0v) is 9.71. The van der Waals surface area contributed by atoms with E-state index in [1.54, 1.807) is 0 Å². The summed E-state index contributed by atoms with van der Waals surface area (Å²) in [5.41, 5.74) is 0.422. The van der Waals surface area contributed by atoms with Crippen LogP contribution >= 0.6 is 0 Å². The minimum atomic E-state index is -3.98. The minimum absolute atomic E-state index is 0.0831. The van der Waals surface area contributed by atoms with Crippen LogP contribution in [0.25, 0.3) is 0 Å². The zero-order chi connectivity index (χ0) is 13.3. The van der Waals surface area contributed by atoms with Gasteiger partial charge in [0.1, 0.15) is 5.82 Å². The molecule has 96 valence electrons. The van der Waals surface area contributed by atoms with Gasteiger partial charge in [0.15, 0.2) is 11.6 Å². The number of H-pyrrole nitrogens is 1. The van der Waals surface area contributed by atoms with Gasteiger partial charge in [-0.05, 0) is 17.7 Å². The molecule has 0 aliphatic rings. The highest BCUT2D eigenvalue weighted by Gasteiger charge is 2.15. The van der Waals surface area contributed by atoms with Crippen LogP contribution in [0.1, 0.15) is 11.4 Å². The molecule has 2 aromatic rings. The number of sulfonamides is 1. The molecule has 1 aromatic heterocycles. The quantitative estimate of drug-likeness (QED) is 0.841. The van der Waals surface area contributed by atoms with Crippen molar-refractivity contribution in [2.45, 2.75) is 11.6 Å². The second-order valence-electron chi connectivity index (χ2n) is 3.53. The Bertz CT molecular complexity index is 684. The van der Waals surface area contributed by atoms with E-state index in [2.05, 4.69) is 15.2 Å². The van der Waals surface area contributed by atoms with E-state index in [4.69, 9.17) is 5.14 Å². The highest BCUT2D eigenvalue weighted by Crippen LogP contribution is 2.11. The molecule has 6 nitrogen and oxygen atoms in total. The summed E-state index contributed by atoms with van der Waals surface area (Å²) in [6, 6.07) is 3.33. The average Bonchev–Trinajstić information content (AvgIpc) is 2.72. The molecule has 0 atom stereocenters. The molecular weight excluding hydrogens is 266 g/mol. The van der Waals surface area contributed by atoms with Crippen LogP contribution in [-0.2, 0) is 16.4 Å². The Balaban J connectivity index is 2.24. The highest BCUT2D eigenvalue weighted by molar-refractivity contribution is 7.89. The Kier molecular flexibility index (Phi) is 3.09. The molecule has 1 aromatic carbocycles. The van der Waals surface area contributed by atoms with Crippen LogP contribution in [0.15, 0.2) is 23.4 Å². The van der Waals surface area contributed by atoms with E-state index in [0.29, 0.717) is 5.56 Å². The van der Waals surface area contributed by atoms with Gasteiger partial charge in [0.25, 0.3) is 15.2 Å². The summed E-state index contributed by atoms with van der Waals surface area (Å²) < 4.78 is 47.5. The molecule has 0 aliphatic carbocycles. The van der Waals surface area contributed by atoms with Crippen molar-refractivity contribution in [2.24, 2.45) is 5.14 Å². The van der Waals surface area contributed by atoms with Crippen LogP contribution in [0, 0.1) is 11.6 Å². The molecule has 2 rings (SSSR count). The van der Waals surface area contributed by atoms with E-state index >= 15 is 0 Å². The fourth-order valence-corrected chi connectivity index (χ4v) is 1.74. The molecule has 0 unspecified atom stereocenters. The number of aromatic amines is 1. The zero-order valence-electron chi connectivity index (χ0n) is 8.89. The van der Waals surface area contributed by atoms with E-state index in [1.165, 1.54) is 6.07 Å². The van der Waals surface area contributed by atoms with Crippen LogP contribution in [0.3, 0.4) is 0 Å². The van der Waals surface area contributed by atoms with Gasteiger partial charge in [-0.15, -0.1) is 5.10 Å². The van der Waals surface area contributed by atoms with E-state index < -0.39 is 26.8 Å². The third-order valence-corrected chi connectivity index (χ3v) is 2.81. The third kappa shape index (κ3) is 2.68. The molecule has 0 saturated heterocycles. The Morgan fingerprint density at radius 2 is 2.00 bits per heavy atom. The first-order chi connectivity index (χ1) is 8.36. The summed E-state index contributed by atoms with van der Waals surface area (Å²) in [4.78, 5) is 3.63. The van der Waals surface area contributed by atoms with Gasteiger partial charge < -0.3 is 0 Å². The number of hydrogen-bond donors (Lipinski definition) is 2. The van der Waals surface area contributed by atoms with Crippen molar-refractivity contribution in [3.8, 4) is 0 Å². The van der Waals surface area contributed by atoms with Crippen molar-refractivity contribution in [3.63, 3.8) is 0 Å². The number of nitrogens with zero attached hydrogens (tertiary/aromatic N) is 2. The summed E-state index contributed by atoms with van der Waals surface area (Å²) in [5.74, 6) is -1.76. The summed E-state index contributed by atoms with van der Waals surface area (Å²) in [6.07, 6.45) is 0.0831. The van der Waals surface area contributed by atoms with E-state index in [9.17, 15) is 17.2 Å². The maximum absolute atomic E-state index is 12.9. The lowest BCUT2D eigenvalue weighted by atomic mass is 10.1. The van der Waals surface area contributed by atoms with Gasteiger partial charge in [-0.2, -0.15) is 0 Å². The Morgan fingerprint density at radius 3 is 2.56 bits per heavy atom. The van der Waals surface area contributed by atoms with Crippen molar-refractivity contribution in [1.82, 2.24) is 15.2 Å². The monoisotopic (exact) mass is 274 g/mol. The first-order valence-electron chi connectivity index (χ1n) is 4.74. The van der Waals surface area contributed by atoms with Crippen molar-refractivity contribution in [1.29, 1.82) is 0 Å². The predicted octanol–water partition coefficient (Wildman–Crippen LogP) is 0.321. The number of hydrogen-bond acceptors (Lipinski definition) is 4. The number of primary sulfonamides is 1. The molecule has 0 saturated carbocycles. The number of nitrogens with one attached hydrogen (secondary N) is 1. The van der Waals surface area contributed by atoms with E-state index in [1.807, 2.05) is 0 Å². The topological polar surface area (TPSA) is 102 Å². The fraction of sp³-hybridized carbons (Fsp3) is 0.111. The molecule has 0 aliphatic heterocycles. The summed E-state index contributed by atoms with van der Waals surface area (Å²) in [5, 5.41) is 10.0. The van der Waals surface area contributed by atoms with E-state index in [-0.39, 0.29) is 12.2 Å². The number of rotatable bonds is 3. The molecule has 9 heteroatoms. The minimum Gasteiger partial charge on any atom is -0.262 e. The molecule has 0 amide bonds. The molecule has 0 spiro atoms. The Labute approximate surface area is 101 Å². The first kappa shape index (κ1) is 12.6. The normalized spacial score (nSPS) is 11.7. The number of benzene rings is 1. The van der Waals surface area contributed by atoms with Crippen LogP contribution in [0.5, 0.6) is 0 Å². The van der Waals surface area contributed by atoms with Gasteiger partial charge in [0.2, 0.25) is 0 Å². The van der Waals surface area contributed by atoms with Crippen LogP contribution in [0.2, 0.25) is 0 Å². The van der Waals surface area contributed by atoms with Crippen molar-refractivity contribution in [3.05, 3.63) is 41.2 Å². The molecule has 0 radical (unpaired) electrons. The lowest BCUT2D eigenvalue weighted by Crippen LogP contribution is -2.14. The van der Waals surface area contributed by atoms with Crippen molar-refractivity contribution in [2.75, 3.05) is 0 Å². The first-order valence-corrected chi connectivity index (χ1v) is 6.29. The molecule has 0 bridgehead atoms. The van der Waals surface area contributed by atoms with Gasteiger partial charge in [0, 0.05) is 6.42 Å². The lowest BCUT2D eigenvalue weighted by molar-refractivity contribution is 0.507. The summed E-state index contributed by atoms with van der Waals surface area (Å²) in [6.45, 7) is 0. The SMILES string of the molecule is NS(=O)(=O)c1n[nH]c(Cc2ccc(F)c(F)c2)n1. The number of nitrogens with two attached hydrogens (primary N) is 1.